The van der Waals surface area contributed by atoms with Crippen molar-refractivity contribution in [1.82, 2.24) is 5.32 Å². The van der Waals surface area contributed by atoms with Crippen LogP contribution in [0.15, 0.2) is 0 Å². The Balaban J connectivity index is 0.00000232. The quantitative estimate of drug-likeness (QED) is 0.693. The van der Waals surface area contributed by atoms with Gasteiger partial charge in [0.2, 0.25) is 5.91 Å². The lowest BCUT2D eigenvalue weighted by Gasteiger charge is -2.29. The Bertz CT molecular complexity index is 325. The van der Waals surface area contributed by atoms with E-state index in [1.807, 2.05) is 13.8 Å². The van der Waals surface area contributed by atoms with Crippen molar-refractivity contribution in [3.8, 4) is 0 Å². The van der Waals surface area contributed by atoms with Crippen molar-refractivity contribution < 1.29 is 14.3 Å². The smallest absolute Gasteiger partial charge is 0.220 e. The molecular weight excluding hydrogens is 290 g/mol. The maximum Gasteiger partial charge on any atom is 0.220 e. The summed E-state index contributed by atoms with van der Waals surface area (Å²) in [5.41, 5.74) is 0. The first-order chi connectivity index (χ1) is 11.1. The van der Waals surface area contributed by atoms with Crippen molar-refractivity contribution in [2.45, 2.75) is 85.1 Å². The lowest BCUT2D eigenvalue weighted by Crippen LogP contribution is -2.46. The number of carbonyl (C=O) groups is 2. The first-order valence-electron chi connectivity index (χ1n) is 9.37. The summed E-state index contributed by atoms with van der Waals surface area (Å²) >= 11 is 0. The highest BCUT2D eigenvalue weighted by atomic mass is 16.5. The van der Waals surface area contributed by atoms with Crippen molar-refractivity contribution in [2.24, 2.45) is 11.8 Å². The second-order valence-electron chi connectivity index (χ2n) is 6.31. The molecular formula is C19H37NO3. The number of hydrogen-bond acceptors (Lipinski definition) is 3. The van der Waals surface area contributed by atoms with E-state index >= 15 is 0 Å². The molecule has 1 rings (SSSR count). The molecule has 1 aliphatic rings. The second-order valence-corrected chi connectivity index (χ2v) is 6.31. The van der Waals surface area contributed by atoms with Gasteiger partial charge in [0.15, 0.2) is 5.78 Å². The van der Waals surface area contributed by atoms with E-state index in [4.69, 9.17) is 4.74 Å². The molecule has 1 fully saturated rings. The average Bonchev–Trinajstić information content (AvgIpc) is 2.58. The van der Waals surface area contributed by atoms with Crippen molar-refractivity contribution in [3.05, 3.63) is 0 Å². The number of methoxy groups -OCH3 is 1. The van der Waals surface area contributed by atoms with Gasteiger partial charge in [0, 0.05) is 20.1 Å². The summed E-state index contributed by atoms with van der Waals surface area (Å²) in [6, 6.07) is -0.280. The number of carbonyl (C=O) groups excluding carboxylic acids is 2. The second kappa shape index (κ2) is 13.5. The molecule has 0 aromatic carbocycles. The van der Waals surface area contributed by atoms with Crippen molar-refractivity contribution >= 4 is 11.7 Å². The predicted octanol–water partition coefficient (Wildman–Crippen LogP) is 4.12. The van der Waals surface area contributed by atoms with Crippen molar-refractivity contribution in [1.29, 1.82) is 0 Å². The highest BCUT2D eigenvalue weighted by Gasteiger charge is 2.28. The first kappa shape index (κ1) is 22.1. The van der Waals surface area contributed by atoms with Crippen molar-refractivity contribution in [3.63, 3.8) is 0 Å². The van der Waals surface area contributed by atoms with Gasteiger partial charge in [-0.2, -0.15) is 0 Å². The van der Waals surface area contributed by atoms with E-state index in [-0.39, 0.29) is 17.7 Å². The highest BCUT2D eigenvalue weighted by molar-refractivity contribution is 5.87. The Morgan fingerprint density at radius 3 is 2.26 bits per heavy atom. The zero-order chi connectivity index (χ0) is 17.7. The molecule has 23 heavy (non-hydrogen) atoms. The average molecular weight is 328 g/mol. The summed E-state index contributed by atoms with van der Waals surface area (Å²) in [5.74, 6) is 0.784. The summed E-state index contributed by atoms with van der Waals surface area (Å²) in [4.78, 5) is 24.1. The Kier molecular flexibility index (Phi) is 13.0. The summed E-state index contributed by atoms with van der Waals surface area (Å²) in [7, 11) is 1.68. The number of ether oxygens (including phenoxy) is 1. The molecule has 0 aromatic heterocycles. The lowest BCUT2D eigenvalue weighted by molar-refractivity contribution is -0.129. The molecule has 1 amide bonds. The molecule has 1 saturated carbocycles. The zero-order valence-corrected chi connectivity index (χ0v) is 15.8. The van der Waals surface area contributed by atoms with Crippen LogP contribution in [0.1, 0.15) is 79.1 Å². The van der Waals surface area contributed by atoms with Crippen LogP contribution in [0.25, 0.3) is 0 Å². The molecule has 2 atom stereocenters. The third kappa shape index (κ3) is 9.09. The lowest BCUT2D eigenvalue weighted by atomic mass is 9.82. The number of ketones is 1. The number of hydrogen-bond donors (Lipinski definition) is 1. The van der Waals surface area contributed by atoms with Crippen LogP contribution in [0.2, 0.25) is 0 Å². The maximum absolute atomic E-state index is 12.2. The monoisotopic (exact) mass is 327 g/mol. The largest absolute Gasteiger partial charge is 0.385 e. The molecule has 0 aromatic rings. The fraction of sp³-hybridized carbons (Fsp3) is 0.895. The molecule has 136 valence electrons. The minimum absolute atomic E-state index is 0.0173. The molecule has 1 N–H and O–H groups in total. The van der Waals surface area contributed by atoms with Crippen LogP contribution in [-0.2, 0) is 14.3 Å². The standard InChI is InChI=1S/C17H31NO3.C2H6/c1-4-14(10-11-21-3)12-16(20)18-17(13(2)19)15-8-6-5-7-9-15;1-2/h14-15,17H,4-12H2,1-3H3,(H,18,20);1-2H3. The van der Waals surface area contributed by atoms with Crippen LogP contribution < -0.4 is 5.32 Å². The van der Waals surface area contributed by atoms with Gasteiger partial charge in [0.25, 0.3) is 0 Å². The van der Waals surface area contributed by atoms with Crippen LogP contribution in [0.3, 0.4) is 0 Å². The first-order valence-corrected chi connectivity index (χ1v) is 9.37. The minimum Gasteiger partial charge on any atom is -0.385 e. The third-order valence-corrected chi connectivity index (χ3v) is 4.66. The summed E-state index contributed by atoms with van der Waals surface area (Å²) in [6.07, 6.45) is 8.09. The van der Waals surface area contributed by atoms with Crippen LogP contribution in [-0.4, -0.2) is 31.4 Å². The van der Waals surface area contributed by atoms with E-state index < -0.39 is 0 Å². The van der Waals surface area contributed by atoms with Gasteiger partial charge in [-0.15, -0.1) is 0 Å². The number of nitrogens with one attached hydrogen (secondary N) is 1. The van der Waals surface area contributed by atoms with Gasteiger partial charge in [-0.25, -0.2) is 0 Å². The van der Waals surface area contributed by atoms with Gasteiger partial charge >= 0.3 is 0 Å². The van der Waals surface area contributed by atoms with Gasteiger partial charge in [-0.3, -0.25) is 9.59 Å². The van der Waals surface area contributed by atoms with Gasteiger partial charge in [-0.1, -0.05) is 46.5 Å². The number of rotatable bonds is 9. The molecule has 0 saturated heterocycles. The molecule has 4 nitrogen and oxygen atoms in total. The fourth-order valence-corrected chi connectivity index (χ4v) is 3.25. The normalized spacial score (nSPS) is 17.6. The van der Waals surface area contributed by atoms with Crippen LogP contribution in [0.5, 0.6) is 0 Å². The maximum atomic E-state index is 12.2. The van der Waals surface area contributed by atoms with E-state index in [2.05, 4.69) is 12.2 Å². The van der Waals surface area contributed by atoms with E-state index in [1.165, 1.54) is 19.3 Å². The van der Waals surface area contributed by atoms with Crippen LogP contribution >= 0.6 is 0 Å². The third-order valence-electron chi connectivity index (χ3n) is 4.66. The Morgan fingerprint density at radius 1 is 1.17 bits per heavy atom. The van der Waals surface area contributed by atoms with E-state index in [0.29, 0.717) is 24.9 Å². The van der Waals surface area contributed by atoms with Gasteiger partial charge in [-0.05, 0) is 38.0 Å². The molecule has 0 aliphatic heterocycles. The molecule has 0 heterocycles. The topological polar surface area (TPSA) is 55.4 Å². The van der Waals surface area contributed by atoms with Crippen LogP contribution in [0, 0.1) is 11.8 Å². The van der Waals surface area contributed by atoms with E-state index in [0.717, 1.165) is 25.7 Å². The van der Waals surface area contributed by atoms with E-state index in [9.17, 15) is 9.59 Å². The van der Waals surface area contributed by atoms with Crippen LogP contribution in [0.4, 0.5) is 0 Å². The highest BCUT2D eigenvalue weighted by Crippen LogP contribution is 2.27. The predicted molar refractivity (Wildman–Crippen MR) is 95.4 cm³/mol. The van der Waals surface area contributed by atoms with E-state index in [1.54, 1.807) is 14.0 Å². The Morgan fingerprint density at radius 2 is 1.78 bits per heavy atom. The van der Waals surface area contributed by atoms with Gasteiger partial charge < -0.3 is 10.1 Å². The van der Waals surface area contributed by atoms with Gasteiger partial charge in [0.05, 0.1) is 6.04 Å². The molecule has 2 unspecified atom stereocenters. The molecule has 0 radical (unpaired) electrons. The fourth-order valence-electron chi connectivity index (χ4n) is 3.25. The van der Waals surface area contributed by atoms with Gasteiger partial charge in [0.1, 0.15) is 0 Å². The zero-order valence-electron chi connectivity index (χ0n) is 15.8. The Hall–Kier alpha value is -0.900. The number of Topliss-reactive ketones (excluding diaryl/α,β-unsaturated/α-hetero) is 1. The molecule has 0 bridgehead atoms. The summed E-state index contributed by atoms with van der Waals surface area (Å²) < 4.78 is 5.08. The molecule has 4 heteroatoms. The minimum atomic E-state index is -0.280. The number of amides is 1. The molecule has 1 aliphatic carbocycles. The summed E-state index contributed by atoms with van der Waals surface area (Å²) in [6.45, 7) is 8.38. The molecule has 0 spiro atoms. The summed E-state index contributed by atoms with van der Waals surface area (Å²) in [5, 5.41) is 3.00. The van der Waals surface area contributed by atoms with Crippen molar-refractivity contribution in [2.75, 3.05) is 13.7 Å². The Labute approximate surface area is 142 Å². The SMILES string of the molecule is CC.CCC(CCOC)CC(=O)NC(C(C)=O)C1CCCCC1.